The highest BCUT2D eigenvalue weighted by atomic mass is 32.1. The fourth-order valence-electron chi connectivity index (χ4n) is 4.23. The highest BCUT2D eigenvalue weighted by Gasteiger charge is 2.18. The smallest absolute Gasteiger partial charge is 0.338 e. The van der Waals surface area contributed by atoms with E-state index in [1.54, 1.807) is 34.9 Å². The minimum absolute atomic E-state index is 0.0856. The SMILES string of the molecule is Cn1c(=O)c2ccccc2n2c(COC(=O)c3ccccc3Cc3nc4ccccc4s3)nnc12. The van der Waals surface area contributed by atoms with E-state index >= 15 is 0 Å². The number of carbonyl (C=O) groups excluding carboxylic acids is 1. The molecule has 0 amide bonds. The summed E-state index contributed by atoms with van der Waals surface area (Å²) < 4.78 is 9.97. The van der Waals surface area contributed by atoms with E-state index in [4.69, 9.17) is 9.72 Å². The molecule has 0 fully saturated rings. The molecule has 0 saturated heterocycles. The van der Waals surface area contributed by atoms with Crippen molar-refractivity contribution in [2.24, 2.45) is 7.05 Å². The second-order valence-corrected chi connectivity index (χ2v) is 9.23. The summed E-state index contributed by atoms with van der Waals surface area (Å²) in [6.07, 6.45) is 0.533. The van der Waals surface area contributed by atoms with Crippen LogP contribution in [0.1, 0.15) is 26.8 Å². The van der Waals surface area contributed by atoms with Crippen molar-refractivity contribution in [3.63, 3.8) is 0 Å². The van der Waals surface area contributed by atoms with Crippen molar-refractivity contribution in [2.75, 3.05) is 0 Å². The van der Waals surface area contributed by atoms with Crippen LogP contribution in [-0.2, 0) is 24.8 Å². The van der Waals surface area contributed by atoms with Crippen LogP contribution in [0.15, 0.2) is 77.6 Å². The van der Waals surface area contributed by atoms with Gasteiger partial charge in [0.15, 0.2) is 12.4 Å². The van der Waals surface area contributed by atoms with Crippen LogP contribution in [-0.4, -0.2) is 30.1 Å². The van der Waals surface area contributed by atoms with Gasteiger partial charge in [-0.2, -0.15) is 0 Å². The van der Waals surface area contributed by atoms with E-state index in [0.717, 1.165) is 20.8 Å². The number of ether oxygens (including phenoxy) is 1. The van der Waals surface area contributed by atoms with Gasteiger partial charge in [-0.05, 0) is 35.9 Å². The maximum Gasteiger partial charge on any atom is 0.338 e. The van der Waals surface area contributed by atoms with Crippen molar-refractivity contribution in [2.45, 2.75) is 13.0 Å². The second kappa shape index (κ2) is 8.44. The number of aromatic nitrogens is 5. The van der Waals surface area contributed by atoms with Gasteiger partial charge in [-0.25, -0.2) is 9.78 Å². The minimum atomic E-state index is -0.451. The molecule has 8 nitrogen and oxygen atoms in total. The van der Waals surface area contributed by atoms with Crippen LogP contribution >= 0.6 is 11.3 Å². The van der Waals surface area contributed by atoms with Crippen molar-refractivity contribution < 1.29 is 9.53 Å². The number of carbonyl (C=O) groups is 1. The summed E-state index contributed by atoms with van der Waals surface area (Å²) in [5, 5.41) is 9.82. The van der Waals surface area contributed by atoms with Gasteiger partial charge in [-0.3, -0.25) is 13.8 Å². The molecule has 0 N–H and O–H groups in total. The van der Waals surface area contributed by atoms with Gasteiger partial charge >= 0.3 is 5.97 Å². The van der Waals surface area contributed by atoms with Gasteiger partial charge < -0.3 is 4.74 Å². The van der Waals surface area contributed by atoms with E-state index in [1.807, 2.05) is 60.7 Å². The van der Waals surface area contributed by atoms with E-state index in [1.165, 1.54) is 4.57 Å². The van der Waals surface area contributed by atoms with Crippen molar-refractivity contribution in [3.8, 4) is 0 Å². The maximum atomic E-state index is 13.1. The number of nitrogens with zero attached hydrogens (tertiary/aromatic N) is 5. The zero-order chi connectivity index (χ0) is 23.9. The average Bonchev–Trinajstić information content (AvgIpc) is 3.50. The molecule has 172 valence electrons. The molecule has 0 aliphatic heterocycles. The highest BCUT2D eigenvalue weighted by Crippen LogP contribution is 2.25. The molecule has 0 atom stereocenters. The number of para-hydroxylation sites is 2. The molecule has 0 radical (unpaired) electrons. The molecule has 0 unspecified atom stereocenters. The van der Waals surface area contributed by atoms with Gasteiger partial charge in [-0.1, -0.05) is 42.5 Å². The van der Waals surface area contributed by atoms with Gasteiger partial charge in [0.1, 0.15) is 0 Å². The number of fused-ring (bicyclic) bond motifs is 4. The number of aryl methyl sites for hydroxylation is 1. The molecular formula is C26H19N5O3S. The van der Waals surface area contributed by atoms with Crippen LogP contribution in [0.3, 0.4) is 0 Å². The van der Waals surface area contributed by atoms with E-state index < -0.39 is 5.97 Å². The molecule has 6 rings (SSSR count). The standard InChI is InChI=1S/C26H19N5O3S/c1-30-24(32)18-10-4-6-12-20(18)31-22(28-29-26(30)31)15-34-25(33)17-9-3-2-8-16(17)14-23-27-19-11-5-7-13-21(19)35-23/h2-13H,14-15H2,1H3. The Morgan fingerprint density at radius 2 is 1.74 bits per heavy atom. The normalized spacial score (nSPS) is 11.5. The molecule has 0 saturated carbocycles. The van der Waals surface area contributed by atoms with Crippen molar-refractivity contribution in [3.05, 3.63) is 105 Å². The molecule has 0 spiro atoms. The van der Waals surface area contributed by atoms with Gasteiger partial charge in [0.05, 0.1) is 31.7 Å². The van der Waals surface area contributed by atoms with E-state index in [2.05, 4.69) is 10.2 Å². The van der Waals surface area contributed by atoms with Crippen LogP contribution in [0.2, 0.25) is 0 Å². The first kappa shape index (κ1) is 21.2. The van der Waals surface area contributed by atoms with E-state index in [9.17, 15) is 9.59 Å². The predicted molar refractivity (Wildman–Crippen MR) is 134 cm³/mol. The number of esters is 1. The Morgan fingerprint density at radius 3 is 2.63 bits per heavy atom. The summed E-state index contributed by atoms with van der Waals surface area (Å²) in [5.74, 6) is 0.368. The monoisotopic (exact) mass is 481 g/mol. The Morgan fingerprint density at radius 1 is 0.971 bits per heavy atom. The third-order valence-corrected chi connectivity index (χ3v) is 6.98. The first-order valence-corrected chi connectivity index (χ1v) is 11.8. The Hall–Kier alpha value is -4.37. The summed E-state index contributed by atoms with van der Waals surface area (Å²) in [7, 11) is 1.65. The van der Waals surface area contributed by atoms with Gasteiger partial charge in [0.25, 0.3) is 5.56 Å². The largest absolute Gasteiger partial charge is 0.454 e. The van der Waals surface area contributed by atoms with Crippen LogP contribution in [0, 0.1) is 0 Å². The summed E-state index contributed by atoms with van der Waals surface area (Å²) in [5.41, 5.74) is 2.78. The van der Waals surface area contributed by atoms with Crippen LogP contribution in [0.4, 0.5) is 0 Å². The number of hydrogen-bond acceptors (Lipinski definition) is 7. The molecule has 35 heavy (non-hydrogen) atoms. The molecule has 6 aromatic rings. The van der Waals surface area contributed by atoms with Crippen LogP contribution in [0.25, 0.3) is 26.9 Å². The fraction of sp³-hybridized carbons (Fsp3) is 0.115. The van der Waals surface area contributed by atoms with Crippen molar-refractivity contribution in [1.29, 1.82) is 0 Å². The topological polar surface area (TPSA) is 91.4 Å². The first-order valence-electron chi connectivity index (χ1n) is 11.0. The first-order chi connectivity index (χ1) is 17.1. The van der Waals surface area contributed by atoms with Crippen molar-refractivity contribution >= 4 is 44.2 Å². The van der Waals surface area contributed by atoms with Gasteiger partial charge in [0.2, 0.25) is 5.78 Å². The minimum Gasteiger partial charge on any atom is -0.454 e. The van der Waals surface area contributed by atoms with Gasteiger partial charge in [0, 0.05) is 13.5 Å². The quantitative estimate of drug-likeness (QED) is 0.344. The lowest BCUT2D eigenvalue weighted by molar-refractivity contribution is 0.0460. The molecule has 9 heteroatoms. The number of rotatable bonds is 5. The molecule has 0 bridgehead atoms. The third-order valence-electron chi connectivity index (χ3n) is 5.94. The molecule has 0 aliphatic rings. The lowest BCUT2D eigenvalue weighted by Gasteiger charge is -2.10. The maximum absolute atomic E-state index is 13.1. The van der Waals surface area contributed by atoms with Crippen LogP contribution < -0.4 is 5.56 Å². The lowest BCUT2D eigenvalue weighted by atomic mass is 10.1. The predicted octanol–water partition coefficient (Wildman–Crippen LogP) is 4.14. The highest BCUT2D eigenvalue weighted by molar-refractivity contribution is 7.18. The Kier molecular flexibility index (Phi) is 5.11. The van der Waals surface area contributed by atoms with E-state index in [0.29, 0.717) is 34.5 Å². The van der Waals surface area contributed by atoms with Crippen molar-refractivity contribution in [1.82, 2.24) is 24.1 Å². The molecule has 3 heterocycles. The molecular weight excluding hydrogens is 462 g/mol. The number of hydrogen-bond donors (Lipinski definition) is 0. The zero-order valence-corrected chi connectivity index (χ0v) is 19.5. The molecule has 3 aromatic carbocycles. The Bertz CT molecular complexity index is 1770. The summed E-state index contributed by atoms with van der Waals surface area (Å²) in [6.45, 7) is -0.0856. The lowest BCUT2D eigenvalue weighted by Crippen LogP contribution is -2.20. The summed E-state index contributed by atoms with van der Waals surface area (Å²) in [6, 6.07) is 22.6. The summed E-state index contributed by atoms with van der Waals surface area (Å²) in [4.78, 5) is 30.4. The number of benzene rings is 3. The Labute approximate surface area is 203 Å². The van der Waals surface area contributed by atoms with Gasteiger partial charge in [-0.15, -0.1) is 21.5 Å². The van der Waals surface area contributed by atoms with E-state index in [-0.39, 0.29) is 12.2 Å². The average molecular weight is 482 g/mol. The van der Waals surface area contributed by atoms with Crippen LogP contribution in [0.5, 0.6) is 0 Å². The molecule has 3 aromatic heterocycles. The zero-order valence-electron chi connectivity index (χ0n) is 18.7. The molecule has 0 aliphatic carbocycles. The number of thiazole rings is 1. The summed E-state index contributed by atoms with van der Waals surface area (Å²) >= 11 is 1.62. The fourth-order valence-corrected chi connectivity index (χ4v) is 5.22. The Balaban J connectivity index is 1.29. The third kappa shape index (κ3) is 3.66. The second-order valence-electron chi connectivity index (χ2n) is 8.12.